The highest BCUT2D eigenvalue weighted by Crippen LogP contribution is 2.18. The predicted molar refractivity (Wildman–Crippen MR) is 110 cm³/mol. The lowest BCUT2D eigenvalue weighted by molar-refractivity contribution is 0.0315. The summed E-state index contributed by atoms with van der Waals surface area (Å²) < 4.78 is 7.50. The molecule has 8 heteroatoms. The van der Waals surface area contributed by atoms with E-state index in [-0.39, 0.29) is 0 Å². The number of guanidine groups is 1. The molecule has 28 heavy (non-hydrogen) atoms. The molecule has 4 rings (SSSR count). The van der Waals surface area contributed by atoms with Crippen molar-refractivity contribution in [3.63, 3.8) is 0 Å². The maximum atomic E-state index is 5.46. The van der Waals surface area contributed by atoms with Crippen LogP contribution in [-0.2, 0) is 11.2 Å². The summed E-state index contributed by atoms with van der Waals surface area (Å²) in [5.74, 6) is 2.70. The maximum Gasteiger partial charge on any atom is 0.193 e. The van der Waals surface area contributed by atoms with Crippen LogP contribution in [0.2, 0.25) is 0 Å². The van der Waals surface area contributed by atoms with Gasteiger partial charge in [-0.05, 0) is 31.4 Å². The predicted octanol–water partition coefficient (Wildman–Crippen LogP) is 0.891. The molecule has 0 aliphatic carbocycles. The Kier molecular flexibility index (Phi) is 6.38. The Balaban J connectivity index is 1.33. The number of fused-ring (bicyclic) bond motifs is 1. The van der Waals surface area contributed by atoms with Crippen molar-refractivity contribution in [1.82, 2.24) is 29.7 Å². The molecule has 2 aliphatic rings. The van der Waals surface area contributed by atoms with Gasteiger partial charge < -0.3 is 15.0 Å². The SMILES string of the molecule is CCNC(=NCCc1nnc2ccccn12)N1CCC(CN2CCOCC2)C1. The first kappa shape index (κ1) is 19.1. The summed E-state index contributed by atoms with van der Waals surface area (Å²) in [6.07, 6.45) is 4.03. The second-order valence-corrected chi connectivity index (χ2v) is 7.54. The van der Waals surface area contributed by atoms with Gasteiger partial charge in [0.1, 0.15) is 5.82 Å². The number of nitrogens with zero attached hydrogens (tertiary/aromatic N) is 6. The third-order valence-corrected chi connectivity index (χ3v) is 5.52. The van der Waals surface area contributed by atoms with Crippen LogP contribution in [-0.4, -0.2) is 89.4 Å². The maximum absolute atomic E-state index is 5.46. The van der Waals surface area contributed by atoms with E-state index in [1.807, 2.05) is 28.8 Å². The van der Waals surface area contributed by atoms with Gasteiger partial charge in [-0.25, -0.2) is 0 Å². The van der Waals surface area contributed by atoms with Crippen LogP contribution >= 0.6 is 0 Å². The van der Waals surface area contributed by atoms with Crippen molar-refractivity contribution in [3.8, 4) is 0 Å². The molecule has 1 unspecified atom stereocenters. The van der Waals surface area contributed by atoms with E-state index in [0.717, 1.165) is 69.8 Å². The van der Waals surface area contributed by atoms with Gasteiger partial charge in [-0.15, -0.1) is 10.2 Å². The minimum absolute atomic E-state index is 0.711. The summed E-state index contributed by atoms with van der Waals surface area (Å²) in [6.45, 7) is 10.9. The van der Waals surface area contributed by atoms with E-state index in [9.17, 15) is 0 Å². The van der Waals surface area contributed by atoms with Crippen molar-refractivity contribution in [1.29, 1.82) is 0 Å². The Morgan fingerprint density at radius 2 is 2.14 bits per heavy atom. The van der Waals surface area contributed by atoms with Crippen LogP contribution in [0.25, 0.3) is 5.65 Å². The van der Waals surface area contributed by atoms with E-state index in [1.165, 1.54) is 13.0 Å². The molecule has 152 valence electrons. The highest BCUT2D eigenvalue weighted by Gasteiger charge is 2.27. The van der Waals surface area contributed by atoms with Gasteiger partial charge in [0, 0.05) is 58.4 Å². The zero-order valence-electron chi connectivity index (χ0n) is 16.8. The Hall–Kier alpha value is -2.19. The van der Waals surface area contributed by atoms with Crippen LogP contribution < -0.4 is 5.32 Å². The fourth-order valence-electron chi connectivity index (χ4n) is 4.07. The van der Waals surface area contributed by atoms with Gasteiger partial charge >= 0.3 is 0 Å². The fraction of sp³-hybridized carbons (Fsp3) is 0.650. The van der Waals surface area contributed by atoms with Gasteiger partial charge in [0.25, 0.3) is 0 Å². The van der Waals surface area contributed by atoms with Crippen LogP contribution in [0.3, 0.4) is 0 Å². The summed E-state index contributed by atoms with van der Waals surface area (Å²) in [4.78, 5) is 9.83. The summed E-state index contributed by atoms with van der Waals surface area (Å²) in [5, 5.41) is 12.0. The van der Waals surface area contributed by atoms with Crippen LogP contribution in [0.4, 0.5) is 0 Å². The smallest absolute Gasteiger partial charge is 0.193 e. The third kappa shape index (κ3) is 4.62. The third-order valence-electron chi connectivity index (χ3n) is 5.52. The second kappa shape index (κ2) is 9.34. The van der Waals surface area contributed by atoms with Gasteiger partial charge in [0.05, 0.1) is 13.2 Å². The van der Waals surface area contributed by atoms with Crippen molar-refractivity contribution in [2.45, 2.75) is 19.8 Å². The number of hydrogen-bond donors (Lipinski definition) is 1. The largest absolute Gasteiger partial charge is 0.379 e. The van der Waals surface area contributed by atoms with Crippen LogP contribution in [0.1, 0.15) is 19.2 Å². The van der Waals surface area contributed by atoms with Gasteiger partial charge in [-0.3, -0.25) is 14.3 Å². The summed E-state index contributed by atoms with van der Waals surface area (Å²) in [7, 11) is 0. The highest BCUT2D eigenvalue weighted by atomic mass is 16.5. The summed E-state index contributed by atoms with van der Waals surface area (Å²) in [5.41, 5.74) is 0.888. The molecular weight excluding hydrogens is 354 g/mol. The van der Waals surface area contributed by atoms with E-state index >= 15 is 0 Å². The van der Waals surface area contributed by atoms with E-state index in [0.29, 0.717) is 12.5 Å². The fourth-order valence-corrected chi connectivity index (χ4v) is 4.07. The van der Waals surface area contributed by atoms with E-state index < -0.39 is 0 Å². The number of pyridine rings is 1. The van der Waals surface area contributed by atoms with Gasteiger partial charge in [0.2, 0.25) is 0 Å². The van der Waals surface area contributed by atoms with Crippen molar-refractivity contribution in [2.75, 3.05) is 59.0 Å². The minimum Gasteiger partial charge on any atom is -0.379 e. The summed E-state index contributed by atoms with van der Waals surface area (Å²) >= 11 is 0. The molecule has 0 spiro atoms. The normalized spacial score (nSPS) is 21.5. The zero-order valence-corrected chi connectivity index (χ0v) is 16.8. The Morgan fingerprint density at radius 3 is 3.00 bits per heavy atom. The molecule has 4 heterocycles. The first-order valence-corrected chi connectivity index (χ1v) is 10.5. The molecule has 1 atom stereocenters. The number of aromatic nitrogens is 3. The van der Waals surface area contributed by atoms with E-state index in [2.05, 4.69) is 32.2 Å². The quantitative estimate of drug-likeness (QED) is 0.588. The monoisotopic (exact) mass is 385 g/mol. The molecule has 0 amide bonds. The molecule has 8 nitrogen and oxygen atoms in total. The molecule has 2 saturated heterocycles. The van der Waals surface area contributed by atoms with E-state index in [1.54, 1.807) is 0 Å². The molecule has 2 aromatic heterocycles. The molecule has 1 N–H and O–H groups in total. The molecule has 2 fully saturated rings. The number of likely N-dealkylation sites (tertiary alicyclic amines) is 1. The highest BCUT2D eigenvalue weighted by molar-refractivity contribution is 5.80. The number of nitrogens with one attached hydrogen (secondary N) is 1. The van der Waals surface area contributed by atoms with Crippen molar-refractivity contribution in [3.05, 3.63) is 30.2 Å². The molecule has 0 aromatic carbocycles. The molecule has 2 aromatic rings. The lowest BCUT2D eigenvalue weighted by Crippen LogP contribution is -2.42. The topological polar surface area (TPSA) is 70.3 Å². The first-order chi connectivity index (χ1) is 13.8. The van der Waals surface area contributed by atoms with Crippen LogP contribution in [0, 0.1) is 5.92 Å². The molecule has 2 aliphatic heterocycles. The zero-order chi connectivity index (χ0) is 19.2. The summed E-state index contributed by atoms with van der Waals surface area (Å²) in [6, 6.07) is 5.96. The lowest BCUT2D eigenvalue weighted by Gasteiger charge is -2.29. The second-order valence-electron chi connectivity index (χ2n) is 7.54. The number of rotatable bonds is 6. The van der Waals surface area contributed by atoms with Crippen LogP contribution in [0.15, 0.2) is 29.4 Å². The Bertz CT molecular complexity index is 784. The molecular formula is C20H31N7O. The Labute approximate surface area is 166 Å². The van der Waals surface area contributed by atoms with Crippen LogP contribution in [0.5, 0.6) is 0 Å². The average molecular weight is 386 g/mol. The Morgan fingerprint density at radius 1 is 1.25 bits per heavy atom. The average Bonchev–Trinajstić information content (AvgIpc) is 3.35. The number of hydrogen-bond acceptors (Lipinski definition) is 5. The minimum atomic E-state index is 0.711. The number of ether oxygens (including phenoxy) is 1. The molecule has 0 radical (unpaired) electrons. The lowest BCUT2D eigenvalue weighted by atomic mass is 10.1. The molecule has 0 bridgehead atoms. The number of aliphatic imine (C=N–C) groups is 1. The standard InChI is InChI=1S/C20H31N7O/c1-2-21-20(22-8-6-19-24-23-18-5-3-4-9-27(18)19)26-10-7-17(16-26)15-25-11-13-28-14-12-25/h3-5,9,17H,2,6-8,10-16H2,1H3,(H,21,22). The molecule has 0 saturated carbocycles. The van der Waals surface area contributed by atoms with Crippen molar-refractivity contribution >= 4 is 11.6 Å². The van der Waals surface area contributed by atoms with E-state index in [4.69, 9.17) is 9.73 Å². The van der Waals surface area contributed by atoms with Gasteiger partial charge in [0.15, 0.2) is 11.6 Å². The van der Waals surface area contributed by atoms with Crippen molar-refractivity contribution in [2.24, 2.45) is 10.9 Å². The van der Waals surface area contributed by atoms with Crippen molar-refractivity contribution < 1.29 is 4.74 Å². The van der Waals surface area contributed by atoms with Gasteiger partial charge in [-0.2, -0.15) is 0 Å². The van der Waals surface area contributed by atoms with Gasteiger partial charge in [-0.1, -0.05) is 6.07 Å². The first-order valence-electron chi connectivity index (χ1n) is 10.5. The number of morpholine rings is 1.